The topological polar surface area (TPSA) is 51.5 Å². The van der Waals surface area contributed by atoms with E-state index in [1.54, 1.807) is 0 Å². The molecule has 92 valence electrons. The summed E-state index contributed by atoms with van der Waals surface area (Å²) in [6, 6.07) is 0. The van der Waals surface area contributed by atoms with E-state index in [0.717, 1.165) is 0 Å². The minimum Gasteiger partial charge on any atom is -0.467 e. The van der Waals surface area contributed by atoms with Gasteiger partial charge in [-0.3, -0.25) is 5.41 Å². The molecule has 0 aromatic heterocycles. The van der Waals surface area contributed by atoms with Crippen molar-refractivity contribution in [3.8, 4) is 0 Å². The third-order valence-electron chi connectivity index (χ3n) is 1.75. The summed E-state index contributed by atoms with van der Waals surface area (Å²) in [7, 11) is 0. The van der Waals surface area contributed by atoms with Crippen LogP contribution in [-0.4, -0.2) is 37.7 Å². The van der Waals surface area contributed by atoms with Crippen LogP contribution in [0.3, 0.4) is 0 Å². The number of rotatable bonds is 3. The van der Waals surface area contributed by atoms with Crippen molar-refractivity contribution in [1.29, 1.82) is 5.41 Å². The van der Waals surface area contributed by atoms with Crippen molar-refractivity contribution in [3.05, 3.63) is 12.2 Å². The molecular weight excluding hydrogens is 227 g/mol. The molecule has 1 rings (SSSR count). The molecule has 1 aliphatic heterocycles. The average molecular weight is 239 g/mol. The summed E-state index contributed by atoms with van der Waals surface area (Å²) in [5, 5.41) is 6.61. The number of ether oxygens (including phenoxy) is 3. The Hall–Kier alpha value is -1.08. The van der Waals surface area contributed by atoms with Gasteiger partial charge < -0.3 is 14.2 Å². The molecule has 1 N–H and O–H groups in total. The lowest BCUT2D eigenvalue weighted by Gasteiger charge is -2.14. The Labute approximate surface area is 90.5 Å². The molecule has 7 heteroatoms. The fourth-order valence-corrected chi connectivity index (χ4v) is 1.03. The summed E-state index contributed by atoms with van der Waals surface area (Å²) in [6.07, 6.45) is -3.33. The Morgan fingerprint density at radius 3 is 2.50 bits per heavy atom. The fraction of sp³-hybridized carbons (Fsp3) is 0.667. The highest BCUT2D eigenvalue weighted by atomic mass is 19.4. The van der Waals surface area contributed by atoms with E-state index >= 15 is 0 Å². The molecule has 0 saturated carbocycles. The molecule has 0 aromatic carbocycles. The van der Waals surface area contributed by atoms with Crippen LogP contribution in [0.1, 0.15) is 6.92 Å². The van der Waals surface area contributed by atoms with Gasteiger partial charge in [-0.15, -0.1) is 0 Å². The van der Waals surface area contributed by atoms with Crippen LogP contribution < -0.4 is 0 Å². The zero-order valence-electron chi connectivity index (χ0n) is 8.58. The molecule has 0 radical (unpaired) electrons. The van der Waals surface area contributed by atoms with Gasteiger partial charge in [-0.2, -0.15) is 13.2 Å². The maximum absolute atomic E-state index is 11.9. The van der Waals surface area contributed by atoms with Crippen molar-refractivity contribution in [2.45, 2.75) is 25.5 Å². The third-order valence-corrected chi connectivity index (χ3v) is 1.75. The summed E-state index contributed by atoms with van der Waals surface area (Å²) in [4.78, 5) is 0. The van der Waals surface area contributed by atoms with E-state index in [0.29, 0.717) is 13.2 Å². The molecule has 4 nitrogen and oxygen atoms in total. The third kappa shape index (κ3) is 4.19. The molecule has 1 heterocycles. The van der Waals surface area contributed by atoms with Crippen molar-refractivity contribution >= 4 is 5.90 Å². The molecule has 0 unspecified atom stereocenters. The lowest BCUT2D eigenvalue weighted by atomic mass is 10.3. The van der Waals surface area contributed by atoms with Crippen LogP contribution in [-0.2, 0) is 14.2 Å². The van der Waals surface area contributed by atoms with Crippen molar-refractivity contribution < 1.29 is 27.4 Å². The highest BCUT2D eigenvalue weighted by molar-refractivity contribution is 5.78. The first kappa shape index (κ1) is 13.0. The zero-order valence-corrected chi connectivity index (χ0v) is 8.58. The number of halogens is 3. The van der Waals surface area contributed by atoms with Crippen LogP contribution in [0.15, 0.2) is 12.2 Å². The van der Waals surface area contributed by atoms with Gasteiger partial charge in [0.25, 0.3) is 5.90 Å². The highest BCUT2D eigenvalue weighted by Crippen LogP contribution is 2.18. The molecule has 1 aliphatic rings. The van der Waals surface area contributed by atoms with Crippen LogP contribution in [0.4, 0.5) is 13.2 Å². The standard InChI is InChI=1S/C9H12F3NO3/c1-6(16-8(13)9(10,11)12)2-3-7-14-4-5-15-7/h2-3,6-7,13H,4-5H2,1H3/b3-2+,13-8?/t6-/m0/s1. The van der Waals surface area contributed by atoms with E-state index < -0.39 is 24.5 Å². The fourth-order valence-electron chi connectivity index (χ4n) is 1.03. The van der Waals surface area contributed by atoms with E-state index in [4.69, 9.17) is 14.9 Å². The van der Waals surface area contributed by atoms with E-state index in [1.165, 1.54) is 19.1 Å². The Balaban J connectivity index is 2.35. The van der Waals surface area contributed by atoms with Crippen LogP contribution >= 0.6 is 0 Å². The largest absolute Gasteiger partial charge is 0.467 e. The van der Waals surface area contributed by atoms with Crippen LogP contribution in [0, 0.1) is 5.41 Å². The van der Waals surface area contributed by atoms with E-state index in [9.17, 15) is 13.2 Å². The second-order valence-corrected chi connectivity index (χ2v) is 3.14. The Bertz CT molecular complexity index is 272. The number of hydrogen-bond acceptors (Lipinski definition) is 4. The summed E-state index contributed by atoms with van der Waals surface area (Å²) in [5.41, 5.74) is 0. The summed E-state index contributed by atoms with van der Waals surface area (Å²) >= 11 is 0. The van der Waals surface area contributed by atoms with Gasteiger partial charge in [-0.05, 0) is 19.1 Å². The van der Waals surface area contributed by atoms with Crippen molar-refractivity contribution in [3.63, 3.8) is 0 Å². The summed E-state index contributed by atoms with van der Waals surface area (Å²) in [6.45, 7) is 2.32. The van der Waals surface area contributed by atoms with Gasteiger partial charge in [0.1, 0.15) is 6.10 Å². The first-order chi connectivity index (χ1) is 7.39. The molecule has 0 bridgehead atoms. The quantitative estimate of drug-likeness (QED) is 0.464. The Kier molecular flexibility index (Phi) is 4.31. The van der Waals surface area contributed by atoms with E-state index in [2.05, 4.69) is 4.74 Å². The number of alkyl halides is 3. The van der Waals surface area contributed by atoms with Crippen LogP contribution in [0.5, 0.6) is 0 Å². The van der Waals surface area contributed by atoms with Gasteiger partial charge >= 0.3 is 6.18 Å². The van der Waals surface area contributed by atoms with Crippen molar-refractivity contribution in [2.24, 2.45) is 0 Å². The summed E-state index contributed by atoms with van der Waals surface area (Å²) < 4.78 is 50.2. The molecule has 1 atom stereocenters. The molecule has 0 spiro atoms. The average Bonchev–Trinajstić information content (AvgIpc) is 2.65. The van der Waals surface area contributed by atoms with E-state index in [-0.39, 0.29) is 0 Å². The zero-order chi connectivity index (χ0) is 12.2. The Morgan fingerprint density at radius 2 is 2.00 bits per heavy atom. The van der Waals surface area contributed by atoms with Crippen LogP contribution in [0.25, 0.3) is 0 Å². The van der Waals surface area contributed by atoms with Crippen molar-refractivity contribution in [2.75, 3.05) is 13.2 Å². The second kappa shape index (κ2) is 5.31. The van der Waals surface area contributed by atoms with Gasteiger partial charge in [0.15, 0.2) is 6.29 Å². The van der Waals surface area contributed by atoms with Gasteiger partial charge in [0.05, 0.1) is 13.2 Å². The number of nitrogens with one attached hydrogen (secondary N) is 1. The summed E-state index contributed by atoms with van der Waals surface area (Å²) in [5.74, 6) is -1.71. The molecule has 0 aliphatic carbocycles. The molecule has 0 aromatic rings. The maximum Gasteiger partial charge on any atom is 0.467 e. The normalized spacial score (nSPS) is 20.2. The highest BCUT2D eigenvalue weighted by Gasteiger charge is 2.37. The lowest BCUT2D eigenvalue weighted by Crippen LogP contribution is -2.27. The minimum atomic E-state index is -4.75. The maximum atomic E-state index is 11.9. The molecule has 0 amide bonds. The van der Waals surface area contributed by atoms with Gasteiger partial charge in [0.2, 0.25) is 0 Å². The van der Waals surface area contributed by atoms with Gasteiger partial charge in [0, 0.05) is 0 Å². The second-order valence-electron chi connectivity index (χ2n) is 3.14. The van der Waals surface area contributed by atoms with Gasteiger partial charge in [-0.25, -0.2) is 0 Å². The molecule has 16 heavy (non-hydrogen) atoms. The van der Waals surface area contributed by atoms with Gasteiger partial charge in [-0.1, -0.05) is 0 Å². The molecule has 1 saturated heterocycles. The minimum absolute atomic E-state index is 0.461. The monoisotopic (exact) mass is 239 g/mol. The predicted octanol–water partition coefficient (Wildman–Crippen LogP) is 1.86. The SMILES string of the molecule is C[C@@H](/C=C/C1OCCO1)OC(=N)C(F)(F)F. The number of hydrogen-bond donors (Lipinski definition) is 1. The molecule has 1 fully saturated rings. The molecular formula is C9H12F3NO3. The first-order valence-corrected chi connectivity index (χ1v) is 4.63. The predicted molar refractivity (Wildman–Crippen MR) is 49.2 cm³/mol. The lowest BCUT2D eigenvalue weighted by molar-refractivity contribution is -0.0817. The smallest absolute Gasteiger partial charge is 0.467 e. The van der Waals surface area contributed by atoms with Crippen LogP contribution in [0.2, 0.25) is 0 Å². The first-order valence-electron chi connectivity index (χ1n) is 4.63. The van der Waals surface area contributed by atoms with Crippen molar-refractivity contribution in [1.82, 2.24) is 0 Å². The Morgan fingerprint density at radius 1 is 1.44 bits per heavy atom. The van der Waals surface area contributed by atoms with E-state index in [1.807, 2.05) is 0 Å².